The molecular formula is C61H108O6. The Kier molecular flexibility index (Phi) is 53.3. The van der Waals surface area contributed by atoms with E-state index in [1.54, 1.807) is 0 Å². The summed E-state index contributed by atoms with van der Waals surface area (Å²) in [5.41, 5.74) is 0. The molecule has 0 aliphatic rings. The predicted octanol–water partition coefficient (Wildman–Crippen LogP) is 19.2. The van der Waals surface area contributed by atoms with E-state index in [1.807, 2.05) is 0 Å². The van der Waals surface area contributed by atoms with Gasteiger partial charge in [-0.15, -0.1) is 0 Å². The van der Waals surface area contributed by atoms with Crippen molar-refractivity contribution in [2.75, 3.05) is 13.2 Å². The van der Waals surface area contributed by atoms with Gasteiger partial charge in [0.05, 0.1) is 0 Å². The number of allylic oxidation sites excluding steroid dienone is 10. The molecule has 67 heavy (non-hydrogen) atoms. The second-order valence-electron chi connectivity index (χ2n) is 19.3. The van der Waals surface area contributed by atoms with Crippen LogP contribution in [-0.2, 0) is 28.6 Å². The molecule has 0 heterocycles. The van der Waals surface area contributed by atoms with Gasteiger partial charge in [0.2, 0.25) is 0 Å². The maximum atomic E-state index is 12.8. The SMILES string of the molecule is CC\C=C/C=C\C=C/CCCCCCCCCC(=O)OC(COC(=O)CCCCCCCC/C=C\C=C/CCCCC)COC(=O)CCCCCCCCCCCCCCCCCCCCC. The van der Waals surface area contributed by atoms with Crippen LogP contribution in [0.15, 0.2) is 60.8 Å². The summed E-state index contributed by atoms with van der Waals surface area (Å²) in [6.07, 6.45) is 69.2. The number of carbonyl (C=O) groups excluding carboxylic acids is 3. The highest BCUT2D eigenvalue weighted by Crippen LogP contribution is 2.16. The van der Waals surface area contributed by atoms with Crippen molar-refractivity contribution < 1.29 is 28.6 Å². The molecule has 6 heteroatoms. The van der Waals surface area contributed by atoms with Gasteiger partial charge in [0.15, 0.2) is 6.10 Å². The zero-order valence-electron chi connectivity index (χ0n) is 44.4. The van der Waals surface area contributed by atoms with Gasteiger partial charge < -0.3 is 14.2 Å². The Balaban J connectivity index is 4.36. The molecule has 0 N–H and O–H groups in total. The summed E-state index contributed by atoms with van der Waals surface area (Å²) in [7, 11) is 0. The summed E-state index contributed by atoms with van der Waals surface area (Å²) < 4.78 is 16.9. The van der Waals surface area contributed by atoms with Crippen LogP contribution in [0.5, 0.6) is 0 Å². The van der Waals surface area contributed by atoms with Crippen LogP contribution in [0.25, 0.3) is 0 Å². The van der Waals surface area contributed by atoms with Gasteiger partial charge >= 0.3 is 17.9 Å². The molecule has 0 saturated heterocycles. The van der Waals surface area contributed by atoms with Gasteiger partial charge in [-0.25, -0.2) is 0 Å². The highest BCUT2D eigenvalue weighted by atomic mass is 16.6. The highest BCUT2D eigenvalue weighted by Gasteiger charge is 2.19. The van der Waals surface area contributed by atoms with E-state index in [-0.39, 0.29) is 31.1 Å². The number of hydrogen-bond donors (Lipinski definition) is 0. The molecule has 388 valence electrons. The first kappa shape index (κ1) is 64.1. The first-order valence-corrected chi connectivity index (χ1v) is 28.8. The lowest BCUT2D eigenvalue weighted by Crippen LogP contribution is -2.30. The van der Waals surface area contributed by atoms with E-state index in [0.29, 0.717) is 19.3 Å². The van der Waals surface area contributed by atoms with Crippen molar-refractivity contribution in [3.8, 4) is 0 Å². The Morgan fingerprint density at radius 1 is 0.313 bits per heavy atom. The molecular weight excluding hydrogens is 829 g/mol. The lowest BCUT2D eigenvalue weighted by atomic mass is 10.0. The highest BCUT2D eigenvalue weighted by molar-refractivity contribution is 5.71. The Bertz CT molecular complexity index is 1210. The molecule has 0 fully saturated rings. The monoisotopic (exact) mass is 937 g/mol. The van der Waals surface area contributed by atoms with Gasteiger partial charge in [-0.2, -0.15) is 0 Å². The third-order valence-electron chi connectivity index (χ3n) is 12.6. The third-order valence-corrected chi connectivity index (χ3v) is 12.6. The Morgan fingerprint density at radius 2 is 0.582 bits per heavy atom. The van der Waals surface area contributed by atoms with Crippen LogP contribution in [0.1, 0.15) is 290 Å². The molecule has 0 saturated carbocycles. The summed E-state index contributed by atoms with van der Waals surface area (Å²) in [6, 6.07) is 0. The van der Waals surface area contributed by atoms with Crippen molar-refractivity contribution >= 4 is 17.9 Å². The van der Waals surface area contributed by atoms with Crippen molar-refractivity contribution in [3.63, 3.8) is 0 Å². The second kappa shape index (κ2) is 55.7. The largest absolute Gasteiger partial charge is 0.462 e. The summed E-state index contributed by atoms with van der Waals surface area (Å²) in [6.45, 7) is 6.49. The smallest absolute Gasteiger partial charge is 0.306 e. The van der Waals surface area contributed by atoms with Crippen LogP contribution >= 0.6 is 0 Å². The fourth-order valence-electron chi connectivity index (χ4n) is 8.26. The summed E-state index contributed by atoms with van der Waals surface area (Å²) in [4.78, 5) is 38.1. The molecule has 0 aromatic rings. The van der Waals surface area contributed by atoms with Gasteiger partial charge in [-0.1, -0.05) is 268 Å². The molecule has 0 radical (unpaired) electrons. The van der Waals surface area contributed by atoms with Crippen molar-refractivity contribution in [2.45, 2.75) is 297 Å². The molecule has 0 aliphatic carbocycles. The number of unbranched alkanes of at least 4 members (excludes halogenated alkanes) is 34. The van der Waals surface area contributed by atoms with Crippen LogP contribution in [0.2, 0.25) is 0 Å². The first-order valence-electron chi connectivity index (χ1n) is 28.8. The van der Waals surface area contributed by atoms with Gasteiger partial charge in [0.1, 0.15) is 13.2 Å². The van der Waals surface area contributed by atoms with Crippen molar-refractivity contribution in [1.82, 2.24) is 0 Å². The standard InChI is InChI=1S/C61H108O6/c1-4-7-10-13-16-19-22-25-28-29-30-31-34-36-39-42-45-48-51-54-60(63)66-57-58(67-61(64)55-52-49-46-43-40-37-33-27-24-21-18-15-12-9-6-3)56-65-59(62)53-50-47-44-41-38-35-32-26-23-20-17-14-11-8-5-2/h9,12,15,17-18,20-21,23-24,26,58H,4-8,10-11,13-14,16,19,22,25,27-57H2,1-3H3/b12-9-,18-15-,20-17-,24-21-,26-23-. The molecule has 0 aromatic heterocycles. The normalized spacial score (nSPS) is 12.5. The summed E-state index contributed by atoms with van der Waals surface area (Å²) in [5.74, 6) is -0.893. The average Bonchev–Trinajstić information content (AvgIpc) is 3.33. The maximum absolute atomic E-state index is 12.8. The molecule has 0 aliphatic heterocycles. The Hall–Kier alpha value is -2.89. The molecule has 0 spiro atoms. The topological polar surface area (TPSA) is 78.9 Å². The molecule has 1 unspecified atom stereocenters. The second-order valence-corrected chi connectivity index (χ2v) is 19.3. The van der Waals surface area contributed by atoms with Crippen LogP contribution in [0.4, 0.5) is 0 Å². The van der Waals surface area contributed by atoms with E-state index in [2.05, 4.69) is 81.5 Å². The molecule has 0 rings (SSSR count). The minimum absolute atomic E-state index is 0.0806. The number of rotatable bonds is 52. The average molecular weight is 938 g/mol. The van der Waals surface area contributed by atoms with Crippen LogP contribution in [0, 0.1) is 0 Å². The number of carbonyl (C=O) groups is 3. The number of hydrogen-bond acceptors (Lipinski definition) is 6. The van der Waals surface area contributed by atoms with E-state index >= 15 is 0 Å². The fraction of sp³-hybridized carbons (Fsp3) is 0.787. The minimum Gasteiger partial charge on any atom is -0.462 e. The summed E-state index contributed by atoms with van der Waals surface area (Å²) in [5, 5.41) is 0. The van der Waals surface area contributed by atoms with Crippen LogP contribution in [-0.4, -0.2) is 37.2 Å². The van der Waals surface area contributed by atoms with Gasteiger partial charge in [0.25, 0.3) is 0 Å². The van der Waals surface area contributed by atoms with Crippen molar-refractivity contribution in [1.29, 1.82) is 0 Å². The first-order chi connectivity index (χ1) is 33.0. The van der Waals surface area contributed by atoms with E-state index in [4.69, 9.17) is 14.2 Å². The van der Waals surface area contributed by atoms with E-state index in [1.165, 1.54) is 173 Å². The zero-order valence-corrected chi connectivity index (χ0v) is 44.4. The molecule has 1 atom stereocenters. The Labute approximate surface area is 415 Å². The van der Waals surface area contributed by atoms with Gasteiger partial charge in [-0.3, -0.25) is 14.4 Å². The lowest BCUT2D eigenvalue weighted by molar-refractivity contribution is -0.167. The van der Waals surface area contributed by atoms with E-state index in [9.17, 15) is 14.4 Å². The minimum atomic E-state index is -0.784. The zero-order chi connectivity index (χ0) is 48.6. The molecule has 6 nitrogen and oxygen atoms in total. The summed E-state index contributed by atoms with van der Waals surface area (Å²) >= 11 is 0. The van der Waals surface area contributed by atoms with E-state index < -0.39 is 6.10 Å². The fourth-order valence-corrected chi connectivity index (χ4v) is 8.26. The number of esters is 3. The van der Waals surface area contributed by atoms with E-state index in [0.717, 1.165) is 77.0 Å². The Morgan fingerprint density at radius 3 is 0.940 bits per heavy atom. The lowest BCUT2D eigenvalue weighted by Gasteiger charge is -2.18. The van der Waals surface area contributed by atoms with Crippen LogP contribution in [0.3, 0.4) is 0 Å². The van der Waals surface area contributed by atoms with Crippen molar-refractivity contribution in [3.05, 3.63) is 60.8 Å². The third kappa shape index (κ3) is 53.9. The molecule has 0 bridgehead atoms. The van der Waals surface area contributed by atoms with Crippen molar-refractivity contribution in [2.24, 2.45) is 0 Å². The number of ether oxygens (including phenoxy) is 3. The maximum Gasteiger partial charge on any atom is 0.306 e. The molecule has 0 aromatic carbocycles. The molecule has 0 amide bonds. The van der Waals surface area contributed by atoms with Gasteiger partial charge in [-0.05, 0) is 64.2 Å². The van der Waals surface area contributed by atoms with Gasteiger partial charge in [0, 0.05) is 19.3 Å². The quantitative estimate of drug-likeness (QED) is 0.0262. The van der Waals surface area contributed by atoms with Crippen LogP contribution < -0.4 is 0 Å². The predicted molar refractivity (Wildman–Crippen MR) is 288 cm³/mol.